The van der Waals surface area contributed by atoms with Gasteiger partial charge in [-0.05, 0) is 39.5 Å². The molecule has 0 aromatic rings. The van der Waals surface area contributed by atoms with Gasteiger partial charge in [0.2, 0.25) is 0 Å². The number of allylic oxidation sites excluding steroid dienone is 2. The number of esters is 1. The molecule has 0 spiro atoms. The molecule has 0 rings (SSSR count). The van der Waals surface area contributed by atoms with Crippen molar-refractivity contribution in [2.75, 3.05) is 6.61 Å². The topological polar surface area (TPSA) is 35.5 Å². The number of alkyl halides is 6. The molecule has 0 amide bonds. The van der Waals surface area contributed by atoms with E-state index in [4.69, 9.17) is 0 Å². The fourth-order valence-electron chi connectivity index (χ4n) is 2.36. The van der Waals surface area contributed by atoms with Crippen LogP contribution in [0.25, 0.3) is 0 Å². The Morgan fingerprint density at radius 3 is 1.89 bits per heavy atom. The van der Waals surface area contributed by atoms with Gasteiger partial charge in [-0.25, -0.2) is 9.18 Å². The molecule has 0 saturated carbocycles. The molecule has 3 nitrogen and oxygen atoms in total. The van der Waals surface area contributed by atoms with Crippen LogP contribution in [-0.2, 0) is 14.3 Å². The molecule has 0 aliphatic heterocycles. The monoisotopic (exact) mass is 408 g/mol. The van der Waals surface area contributed by atoms with E-state index in [-0.39, 0.29) is 6.42 Å². The van der Waals surface area contributed by atoms with E-state index in [1.54, 1.807) is 0 Å². The van der Waals surface area contributed by atoms with Gasteiger partial charge in [0.1, 0.15) is 12.2 Å². The summed E-state index contributed by atoms with van der Waals surface area (Å²) in [6, 6.07) is 0. The number of ether oxygens (including phenoxy) is 2. The third-order valence-corrected chi connectivity index (χ3v) is 3.36. The molecular formula is C17H23F7O3. The summed E-state index contributed by atoms with van der Waals surface area (Å²) in [7, 11) is 0. The van der Waals surface area contributed by atoms with Crippen molar-refractivity contribution < 1.29 is 45.0 Å². The molecule has 0 saturated heterocycles. The Bertz CT molecular complexity index is 516. The summed E-state index contributed by atoms with van der Waals surface area (Å²) >= 11 is 0. The van der Waals surface area contributed by atoms with E-state index in [0.717, 1.165) is 6.08 Å². The quantitative estimate of drug-likeness (QED) is 0.280. The van der Waals surface area contributed by atoms with Crippen LogP contribution in [0.5, 0.6) is 0 Å². The van der Waals surface area contributed by atoms with E-state index >= 15 is 0 Å². The van der Waals surface area contributed by atoms with E-state index in [1.807, 2.05) is 0 Å². The summed E-state index contributed by atoms with van der Waals surface area (Å²) in [4.78, 5) is 11.6. The number of halogens is 7. The summed E-state index contributed by atoms with van der Waals surface area (Å²) < 4.78 is 103. The molecule has 0 aliphatic carbocycles. The largest absolute Gasteiger partial charge is 0.458 e. The van der Waals surface area contributed by atoms with Crippen molar-refractivity contribution >= 4 is 5.97 Å². The van der Waals surface area contributed by atoms with Gasteiger partial charge >= 0.3 is 18.3 Å². The molecule has 1 atom stereocenters. The van der Waals surface area contributed by atoms with Gasteiger partial charge in [0, 0.05) is 6.42 Å². The maximum Gasteiger partial charge on any atom is 0.426 e. The van der Waals surface area contributed by atoms with Crippen LogP contribution in [0.4, 0.5) is 30.7 Å². The number of hydrogen-bond acceptors (Lipinski definition) is 3. The van der Waals surface area contributed by atoms with Crippen molar-refractivity contribution in [2.45, 2.75) is 63.6 Å². The number of rotatable bonds is 9. The van der Waals surface area contributed by atoms with E-state index in [1.165, 1.54) is 20.8 Å². The molecule has 1 unspecified atom stereocenters. The molecular weight excluding hydrogens is 385 g/mol. The van der Waals surface area contributed by atoms with Crippen LogP contribution in [-0.4, -0.2) is 36.1 Å². The highest BCUT2D eigenvalue weighted by atomic mass is 19.4. The summed E-state index contributed by atoms with van der Waals surface area (Å²) in [5, 5.41) is 0. The van der Waals surface area contributed by atoms with Crippen LogP contribution in [0.15, 0.2) is 25.1 Å². The molecule has 0 aliphatic rings. The highest BCUT2D eigenvalue weighted by Crippen LogP contribution is 2.50. The van der Waals surface area contributed by atoms with E-state index in [0.29, 0.717) is 0 Å². The molecule has 158 valence electrons. The molecule has 27 heavy (non-hydrogen) atoms. The predicted octanol–water partition coefficient (Wildman–Crippen LogP) is 5.66. The Balaban J connectivity index is 5.82. The SMILES string of the molecule is C=CCC(CC(=C)F)CC(OCC(=O)OC(C)(C)C)(C(F)(F)F)C(F)(F)F. The minimum Gasteiger partial charge on any atom is -0.458 e. The van der Waals surface area contributed by atoms with Gasteiger partial charge in [0.05, 0.1) is 5.83 Å². The predicted molar refractivity (Wildman–Crippen MR) is 84.4 cm³/mol. The zero-order valence-corrected chi connectivity index (χ0v) is 15.3. The minimum absolute atomic E-state index is 0.341. The van der Waals surface area contributed by atoms with Crippen LogP contribution < -0.4 is 0 Å². The maximum absolute atomic E-state index is 13.5. The Morgan fingerprint density at radius 2 is 1.56 bits per heavy atom. The van der Waals surface area contributed by atoms with E-state index < -0.39 is 60.7 Å². The van der Waals surface area contributed by atoms with Crippen LogP contribution in [0, 0.1) is 5.92 Å². The smallest absolute Gasteiger partial charge is 0.426 e. The fraction of sp³-hybridized carbons (Fsp3) is 0.706. The van der Waals surface area contributed by atoms with Crippen molar-refractivity contribution in [1.29, 1.82) is 0 Å². The Kier molecular flexibility index (Phi) is 8.54. The second-order valence-corrected chi connectivity index (χ2v) is 7.01. The standard InChI is InChI=1S/C17H23F7O3/c1-6-7-12(8-11(2)18)9-15(16(19,20)21,17(22,23)24)26-10-13(25)27-14(3,4)5/h6,12H,1-2,7-10H2,3-5H3. The van der Waals surface area contributed by atoms with E-state index in [2.05, 4.69) is 22.6 Å². The van der Waals surface area contributed by atoms with Crippen LogP contribution in [0.1, 0.15) is 40.0 Å². The molecule has 0 aromatic carbocycles. The molecule has 0 radical (unpaired) electrons. The molecule has 10 heteroatoms. The average molecular weight is 408 g/mol. The van der Waals surface area contributed by atoms with E-state index in [9.17, 15) is 35.5 Å². The number of carbonyl (C=O) groups excluding carboxylic acids is 1. The van der Waals surface area contributed by atoms with Crippen molar-refractivity contribution in [1.82, 2.24) is 0 Å². The van der Waals surface area contributed by atoms with Crippen molar-refractivity contribution in [3.05, 3.63) is 25.1 Å². The normalized spacial score (nSPS) is 14.6. The summed E-state index contributed by atoms with van der Waals surface area (Å²) in [6.07, 6.45) is -13.5. The van der Waals surface area contributed by atoms with Crippen molar-refractivity contribution in [3.63, 3.8) is 0 Å². The zero-order valence-electron chi connectivity index (χ0n) is 15.3. The lowest BCUT2D eigenvalue weighted by Gasteiger charge is -2.39. The van der Waals surface area contributed by atoms with Crippen molar-refractivity contribution in [2.24, 2.45) is 5.92 Å². The molecule has 0 bridgehead atoms. The van der Waals surface area contributed by atoms with Gasteiger partial charge in [-0.1, -0.05) is 12.7 Å². The summed E-state index contributed by atoms with van der Waals surface area (Å²) in [6.45, 7) is 8.70. The first-order valence-electron chi connectivity index (χ1n) is 7.88. The lowest BCUT2D eigenvalue weighted by molar-refractivity contribution is -0.384. The van der Waals surface area contributed by atoms with Crippen LogP contribution in [0.2, 0.25) is 0 Å². The average Bonchev–Trinajstić information content (AvgIpc) is 2.37. The second-order valence-electron chi connectivity index (χ2n) is 7.01. The first kappa shape index (κ1) is 25.4. The summed E-state index contributed by atoms with van der Waals surface area (Å²) in [5.41, 5.74) is -5.79. The Labute approximate surface area is 153 Å². The lowest BCUT2D eigenvalue weighted by Crippen LogP contribution is -2.60. The Morgan fingerprint density at radius 1 is 1.07 bits per heavy atom. The van der Waals surface area contributed by atoms with Gasteiger partial charge < -0.3 is 9.47 Å². The molecule has 0 N–H and O–H groups in total. The highest BCUT2D eigenvalue weighted by Gasteiger charge is 2.72. The van der Waals surface area contributed by atoms with Crippen LogP contribution in [0.3, 0.4) is 0 Å². The molecule has 0 aromatic heterocycles. The second kappa shape index (κ2) is 9.07. The van der Waals surface area contributed by atoms with Gasteiger partial charge in [0.25, 0.3) is 5.60 Å². The first-order valence-corrected chi connectivity index (χ1v) is 7.88. The van der Waals surface area contributed by atoms with Gasteiger partial charge in [-0.3, -0.25) is 0 Å². The number of carbonyl (C=O) groups is 1. The highest BCUT2D eigenvalue weighted by molar-refractivity contribution is 5.71. The third kappa shape index (κ3) is 7.90. The lowest BCUT2D eigenvalue weighted by atomic mass is 9.84. The maximum atomic E-state index is 13.5. The van der Waals surface area contributed by atoms with Gasteiger partial charge in [-0.2, -0.15) is 26.3 Å². The van der Waals surface area contributed by atoms with Crippen molar-refractivity contribution in [3.8, 4) is 0 Å². The van der Waals surface area contributed by atoms with Gasteiger partial charge in [-0.15, -0.1) is 6.58 Å². The third-order valence-electron chi connectivity index (χ3n) is 3.36. The molecule has 0 fully saturated rings. The molecule has 0 heterocycles. The number of hydrogen-bond donors (Lipinski definition) is 0. The fourth-order valence-corrected chi connectivity index (χ4v) is 2.36. The van der Waals surface area contributed by atoms with Gasteiger partial charge in [0.15, 0.2) is 0 Å². The summed E-state index contributed by atoms with van der Waals surface area (Å²) in [5.74, 6) is -3.91. The minimum atomic E-state index is -5.91. The first-order chi connectivity index (χ1) is 11.9. The zero-order chi connectivity index (χ0) is 21.7. The van der Waals surface area contributed by atoms with Crippen LogP contribution >= 0.6 is 0 Å². The Hall–Kier alpha value is -1.58.